The van der Waals surface area contributed by atoms with Gasteiger partial charge in [-0.2, -0.15) is 0 Å². The van der Waals surface area contributed by atoms with E-state index >= 15 is 0 Å². The summed E-state index contributed by atoms with van der Waals surface area (Å²) in [6, 6.07) is 7.72. The standard InChI is InChI=1S/C15H17N3O2/c16-15(17)12-7-18-13-4-2-1-3-11(13)14(12)20-9-10-5-6-19-8-10/h1-4,7,10H,5-6,8-9H2,(H3,16,17). The molecule has 5 nitrogen and oxygen atoms in total. The van der Waals surface area contributed by atoms with Crippen molar-refractivity contribution in [1.29, 1.82) is 5.41 Å². The average molecular weight is 271 g/mol. The summed E-state index contributed by atoms with van der Waals surface area (Å²) in [6.07, 6.45) is 2.61. The minimum absolute atomic E-state index is 0.0269. The molecule has 3 N–H and O–H groups in total. The number of pyridine rings is 1. The van der Waals surface area contributed by atoms with Crippen molar-refractivity contribution in [2.45, 2.75) is 6.42 Å². The number of hydrogen-bond acceptors (Lipinski definition) is 4. The van der Waals surface area contributed by atoms with Crippen LogP contribution in [0, 0.1) is 11.3 Å². The summed E-state index contributed by atoms with van der Waals surface area (Å²) >= 11 is 0. The third-order valence-corrected chi connectivity index (χ3v) is 3.50. The maximum absolute atomic E-state index is 7.67. The second-order valence-corrected chi connectivity index (χ2v) is 4.97. The van der Waals surface area contributed by atoms with Crippen molar-refractivity contribution in [3.63, 3.8) is 0 Å². The molecule has 1 aliphatic heterocycles. The van der Waals surface area contributed by atoms with Crippen LogP contribution >= 0.6 is 0 Å². The van der Waals surface area contributed by atoms with E-state index < -0.39 is 0 Å². The first-order valence-corrected chi connectivity index (χ1v) is 6.68. The fourth-order valence-electron chi connectivity index (χ4n) is 2.38. The number of rotatable bonds is 4. The Balaban J connectivity index is 1.96. The highest BCUT2D eigenvalue weighted by molar-refractivity contribution is 6.02. The highest BCUT2D eigenvalue weighted by atomic mass is 16.5. The summed E-state index contributed by atoms with van der Waals surface area (Å²) in [7, 11) is 0. The molecule has 1 aliphatic rings. The second kappa shape index (κ2) is 5.46. The number of fused-ring (bicyclic) bond motifs is 1. The fourth-order valence-corrected chi connectivity index (χ4v) is 2.38. The Morgan fingerprint density at radius 3 is 3.05 bits per heavy atom. The predicted octanol–water partition coefficient (Wildman–Crippen LogP) is 1.93. The van der Waals surface area contributed by atoms with Crippen molar-refractivity contribution in [3.05, 3.63) is 36.0 Å². The maximum atomic E-state index is 7.67. The summed E-state index contributed by atoms with van der Waals surface area (Å²) < 4.78 is 11.3. The van der Waals surface area contributed by atoms with Gasteiger partial charge < -0.3 is 15.2 Å². The molecule has 0 amide bonds. The zero-order valence-electron chi connectivity index (χ0n) is 11.1. The topological polar surface area (TPSA) is 81.2 Å². The minimum Gasteiger partial charge on any atom is -0.492 e. The first-order chi connectivity index (χ1) is 9.75. The van der Waals surface area contributed by atoms with Crippen LogP contribution in [0.25, 0.3) is 10.9 Å². The Morgan fingerprint density at radius 2 is 2.30 bits per heavy atom. The maximum Gasteiger partial charge on any atom is 0.141 e. The van der Waals surface area contributed by atoms with Gasteiger partial charge in [0.15, 0.2) is 0 Å². The lowest BCUT2D eigenvalue weighted by Gasteiger charge is -2.15. The monoisotopic (exact) mass is 271 g/mol. The highest BCUT2D eigenvalue weighted by Gasteiger charge is 2.19. The van der Waals surface area contributed by atoms with Crippen LogP contribution < -0.4 is 10.5 Å². The van der Waals surface area contributed by atoms with E-state index in [1.54, 1.807) is 6.20 Å². The fraction of sp³-hybridized carbons (Fsp3) is 0.333. The quantitative estimate of drug-likeness (QED) is 0.657. The minimum atomic E-state index is -0.0269. The number of nitrogens with two attached hydrogens (primary N) is 1. The molecule has 0 spiro atoms. The van der Waals surface area contributed by atoms with E-state index in [4.69, 9.17) is 20.6 Å². The molecule has 1 aromatic heterocycles. The summed E-state index contributed by atoms with van der Waals surface area (Å²) in [4.78, 5) is 4.32. The first kappa shape index (κ1) is 12.9. The number of amidine groups is 1. The molecule has 20 heavy (non-hydrogen) atoms. The van der Waals surface area contributed by atoms with Crippen molar-refractivity contribution in [1.82, 2.24) is 4.98 Å². The molecule has 2 heterocycles. The molecular weight excluding hydrogens is 254 g/mol. The van der Waals surface area contributed by atoms with Gasteiger partial charge in [-0.05, 0) is 18.6 Å². The smallest absolute Gasteiger partial charge is 0.141 e. The molecule has 1 atom stereocenters. The Labute approximate surface area is 117 Å². The number of nitrogen functional groups attached to an aromatic ring is 1. The van der Waals surface area contributed by atoms with E-state index in [-0.39, 0.29) is 5.84 Å². The largest absolute Gasteiger partial charge is 0.492 e. The van der Waals surface area contributed by atoms with Crippen LogP contribution in [-0.4, -0.2) is 30.6 Å². The predicted molar refractivity (Wildman–Crippen MR) is 77.2 cm³/mol. The van der Waals surface area contributed by atoms with E-state index in [1.165, 1.54) is 0 Å². The molecule has 0 saturated carbocycles. The van der Waals surface area contributed by atoms with Gasteiger partial charge in [-0.15, -0.1) is 0 Å². The van der Waals surface area contributed by atoms with Crippen LogP contribution in [0.3, 0.4) is 0 Å². The van der Waals surface area contributed by atoms with Crippen molar-refractivity contribution >= 4 is 16.7 Å². The van der Waals surface area contributed by atoms with Gasteiger partial charge in [-0.1, -0.05) is 12.1 Å². The van der Waals surface area contributed by atoms with Gasteiger partial charge in [0, 0.05) is 24.1 Å². The van der Waals surface area contributed by atoms with E-state index in [0.29, 0.717) is 23.8 Å². The number of ether oxygens (including phenoxy) is 2. The van der Waals surface area contributed by atoms with Gasteiger partial charge in [0.05, 0.1) is 24.3 Å². The third-order valence-electron chi connectivity index (χ3n) is 3.50. The van der Waals surface area contributed by atoms with Crippen LogP contribution in [0.4, 0.5) is 0 Å². The van der Waals surface area contributed by atoms with Gasteiger partial charge in [0.1, 0.15) is 11.6 Å². The Bertz CT molecular complexity index is 636. The average Bonchev–Trinajstić information content (AvgIpc) is 2.97. The van der Waals surface area contributed by atoms with Gasteiger partial charge in [0.25, 0.3) is 0 Å². The molecule has 0 radical (unpaired) electrons. The number of benzene rings is 1. The van der Waals surface area contributed by atoms with E-state index in [1.807, 2.05) is 24.3 Å². The van der Waals surface area contributed by atoms with Crippen LogP contribution in [0.5, 0.6) is 5.75 Å². The van der Waals surface area contributed by atoms with Gasteiger partial charge in [0.2, 0.25) is 0 Å². The molecule has 1 aromatic carbocycles. The molecule has 1 saturated heterocycles. The molecule has 0 bridgehead atoms. The molecule has 1 fully saturated rings. The Morgan fingerprint density at radius 1 is 1.45 bits per heavy atom. The van der Waals surface area contributed by atoms with Crippen LogP contribution in [0.15, 0.2) is 30.5 Å². The number of para-hydroxylation sites is 1. The normalized spacial score (nSPS) is 18.3. The lowest BCUT2D eigenvalue weighted by atomic mass is 10.1. The molecule has 1 unspecified atom stereocenters. The number of hydrogen-bond donors (Lipinski definition) is 2. The SMILES string of the molecule is N=C(N)c1cnc2ccccc2c1OCC1CCOC1. The molecule has 5 heteroatoms. The summed E-state index contributed by atoms with van der Waals surface area (Å²) in [5, 5.41) is 8.56. The van der Waals surface area contributed by atoms with Crippen molar-refractivity contribution in [2.24, 2.45) is 11.7 Å². The van der Waals surface area contributed by atoms with Crippen LogP contribution in [0.2, 0.25) is 0 Å². The summed E-state index contributed by atoms with van der Waals surface area (Å²) in [5.41, 5.74) is 7.01. The molecule has 3 rings (SSSR count). The second-order valence-electron chi connectivity index (χ2n) is 4.97. The zero-order valence-corrected chi connectivity index (χ0v) is 11.1. The van der Waals surface area contributed by atoms with Gasteiger partial charge >= 0.3 is 0 Å². The van der Waals surface area contributed by atoms with Gasteiger partial charge in [-0.3, -0.25) is 10.4 Å². The van der Waals surface area contributed by atoms with E-state index in [0.717, 1.165) is 30.5 Å². The molecular formula is C15H17N3O2. The van der Waals surface area contributed by atoms with Gasteiger partial charge in [-0.25, -0.2) is 0 Å². The summed E-state index contributed by atoms with van der Waals surface area (Å²) in [6.45, 7) is 2.11. The lowest BCUT2D eigenvalue weighted by molar-refractivity contribution is 0.167. The summed E-state index contributed by atoms with van der Waals surface area (Å²) in [5.74, 6) is 1.03. The molecule has 2 aromatic rings. The Kier molecular flexibility index (Phi) is 3.52. The number of aromatic nitrogens is 1. The van der Waals surface area contributed by atoms with E-state index in [9.17, 15) is 0 Å². The third kappa shape index (κ3) is 2.44. The Hall–Kier alpha value is -2.14. The van der Waals surface area contributed by atoms with Crippen LogP contribution in [-0.2, 0) is 4.74 Å². The molecule has 0 aliphatic carbocycles. The van der Waals surface area contributed by atoms with Crippen LogP contribution in [0.1, 0.15) is 12.0 Å². The molecule has 104 valence electrons. The number of nitrogens with one attached hydrogen (secondary N) is 1. The van der Waals surface area contributed by atoms with E-state index in [2.05, 4.69) is 4.98 Å². The van der Waals surface area contributed by atoms with Crippen molar-refractivity contribution in [2.75, 3.05) is 19.8 Å². The lowest BCUT2D eigenvalue weighted by Crippen LogP contribution is -2.17. The van der Waals surface area contributed by atoms with Crippen molar-refractivity contribution in [3.8, 4) is 5.75 Å². The van der Waals surface area contributed by atoms with Crippen molar-refractivity contribution < 1.29 is 9.47 Å². The zero-order chi connectivity index (χ0) is 13.9. The first-order valence-electron chi connectivity index (χ1n) is 6.68. The highest BCUT2D eigenvalue weighted by Crippen LogP contribution is 2.29. The number of nitrogens with zero attached hydrogens (tertiary/aromatic N) is 1.